The first kappa shape index (κ1) is 19.7. The SMILES string of the molecule is CCC1CCCCN1C(=O)c1ccnc(N2CCN(c3cccc(C)c3)CC2)n1. The van der Waals surface area contributed by atoms with Crippen molar-refractivity contribution in [3.63, 3.8) is 0 Å². The summed E-state index contributed by atoms with van der Waals surface area (Å²) in [5.41, 5.74) is 3.07. The summed E-state index contributed by atoms with van der Waals surface area (Å²) in [4.78, 5) is 28.8. The summed E-state index contributed by atoms with van der Waals surface area (Å²) in [6, 6.07) is 10.7. The second-order valence-electron chi connectivity index (χ2n) is 8.11. The van der Waals surface area contributed by atoms with Crippen molar-refractivity contribution in [2.24, 2.45) is 0 Å². The lowest BCUT2D eigenvalue weighted by Crippen LogP contribution is -2.47. The maximum absolute atomic E-state index is 13.1. The highest BCUT2D eigenvalue weighted by Gasteiger charge is 2.28. The molecule has 2 aromatic rings. The maximum atomic E-state index is 13.1. The molecule has 1 unspecified atom stereocenters. The number of piperidine rings is 1. The molecule has 3 heterocycles. The lowest BCUT2D eigenvalue weighted by molar-refractivity contribution is 0.0602. The molecule has 29 heavy (non-hydrogen) atoms. The third kappa shape index (κ3) is 4.36. The second-order valence-corrected chi connectivity index (χ2v) is 8.11. The van der Waals surface area contributed by atoms with E-state index in [1.807, 2.05) is 4.90 Å². The molecule has 2 aliphatic heterocycles. The molecule has 0 radical (unpaired) electrons. The van der Waals surface area contributed by atoms with Crippen molar-refractivity contribution in [1.82, 2.24) is 14.9 Å². The zero-order valence-corrected chi connectivity index (χ0v) is 17.5. The van der Waals surface area contributed by atoms with Crippen molar-refractivity contribution in [3.05, 3.63) is 47.8 Å². The van der Waals surface area contributed by atoms with Gasteiger partial charge in [-0.05, 0) is 56.4 Å². The summed E-state index contributed by atoms with van der Waals surface area (Å²) in [5, 5.41) is 0. The van der Waals surface area contributed by atoms with Gasteiger partial charge in [0.15, 0.2) is 0 Å². The Morgan fingerprint density at radius 2 is 1.86 bits per heavy atom. The van der Waals surface area contributed by atoms with E-state index in [1.54, 1.807) is 12.3 Å². The van der Waals surface area contributed by atoms with Crippen LogP contribution in [0.1, 0.15) is 48.7 Å². The largest absolute Gasteiger partial charge is 0.368 e. The molecule has 1 aromatic heterocycles. The van der Waals surface area contributed by atoms with Crippen LogP contribution in [-0.2, 0) is 0 Å². The number of piperazine rings is 1. The van der Waals surface area contributed by atoms with Gasteiger partial charge in [0.1, 0.15) is 5.69 Å². The number of hydrogen-bond acceptors (Lipinski definition) is 5. The molecule has 0 spiro atoms. The van der Waals surface area contributed by atoms with Gasteiger partial charge in [-0.2, -0.15) is 0 Å². The molecule has 2 aliphatic rings. The number of nitrogens with zero attached hydrogens (tertiary/aromatic N) is 5. The molecular formula is C23H31N5O. The molecule has 0 saturated carbocycles. The van der Waals surface area contributed by atoms with Crippen LogP contribution in [0.25, 0.3) is 0 Å². The predicted octanol–water partition coefficient (Wildman–Crippen LogP) is 3.52. The van der Waals surface area contributed by atoms with Crippen LogP contribution in [0, 0.1) is 6.92 Å². The Labute approximate surface area is 173 Å². The van der Waals surface area contributed by atoms with Crippen molar-refractivity contribution >= 4 is 17.5 Å². The Morgan fingerprint density at radius 3 is 2.62 bits per heavy atom. The molecule has 1 atom stereocenters. The number of carbonyl (C=O) groups excluding carboxylic acids is 1. The Kier molecular flexibility index (Phi) is 5.97. The molecule has 0 N–H and O–H groups in total. The van der Waals surface area contributed by atoms with E-state index in [0.29, 0.717) is 17.7 Å². The maximum Gasteiger partial charge on any atom is 0.272 e. The predicted molar refractivity (Wildman–Crippen MR) is 117 cm³/mol. The van der Waals surface area contributed by atoms with Gasteiger partial charge in [-0.3, -0.25) is 4.79 Å². The van der Waals surface area contributed by atoms with Gasteiger partial charge in [0.25, 0.3) is 5.91 Å². The average Bonchev–Trinajstić information content (AvgIpc) is 2.79. The minimum Gasteiger partial charge on any atom is -0.368 e. The molecule has 0 aliphatic carbocycles. The highest BCUT2D eigenvalue weighted by molar-refractivity contribution is 5.92. The first-order valence-corrected chi connectivity index (χ1v) is 10.9. The average molecular weight is 394 g/mol. The number of anilines is 2. The molecule has 0 bridgehead atoms. The fraction of sp³-hybridized carbons (Fsp3) is 0.522. The number of carbonyl (C=O) groups is 1. The summed E-state index contributed by atoms with van der Waals surface area (Å²) >= 11 is 0. The van der Waals surface area contributed by atoms with Crippen molar-refractivity contribution in [2.45, 2.75) is 45.6 Å². The number of likely N-dealkylation sites (tertiary alicyclic amines) is 1. The van der Waals surface area contributed by atoms with Crippen molar-refractivity contribution in [3.8, 4) is 0 Å². The topological polar surface area (TPSA) is 52.6 Å². The molecular weight excluding hydrogens is 362 g/mol. The van der Waals surface area contributed by atoms with E-state index in [4.69, 9.17) is 0 Å². The molecule has 1 aromatic carbocycles. The Morgan fingerprint density at radius 1 is 1.07 bits per heavy atom. The number of rotatable bonds is 4. The third-order valence-corrected chi connectivity index (χ3v) is 6.15. The van der Waals surface area contributed by atoms with E-state index < -0.39 is 0 Å². The van der Waals surface area contributed by atoms with Crippen LogP contribution in [-0.4, -0.2) is 59.5 Å². The lowest BCUT2D eigenvalue weighted by Gasteiger charge is -2.37. The first-order chi connectivity index (χ1) is 14.2. The molecule has 1 amide bonds. The van der Waals surface area contributed by atoms with E-state index in [9.17, 15) is 4.79 Å². The van der Waals surface area contributed by atoms with Crippen molar-refractivity contribution < 1.29 is 4.79 Å². The molecule has 6 heteroatoms. The van der Waals surface area contributed by atoms with E-state index in [-0.39, 0.29) is 5.91 Å². The van der Waals surface area contributed by atoms with Gasteiger partial charge in [0, 0.05) is 50.6 Å². The monoisotopic (exact) mass is 393 g/mol. The number of aryl methyl sites for hydroxylation is 1. The fourth-order valence-electron chi connectivity index (χ4n) is 4.45. The molecule has 2 saturated heterocycles. The number of hydrogen-bond donors (Lipinski definition) is 0. The molecule has 4 rings (SSSR count). The van der Waals surface area contributed by atoms with Crippen molar-refractivity contribution in [2.75, 3.05) is 42.5 Å². The van der Waals surface area contributed by atoms with Crippen LogP contribution in [0.5, 0.6) is 0 Å². The Bertz CT molecular complexity index is 847. The van der Waals surface area contributed by atoms with Gasteiger partial charge in [-0.15, -0.1) is 0 Å². The number of benzene rings is 1. The second kappa shape index (κ2) is 8.80. The third-order valence-electron chi connectivity index (χ3n) is 6.15. The number of amides is 1. The van der Waals surface area contributed by atoms with E-state index in [0.717, 1.165) is 52.0 Å². The lowest BCUT2D eigenvalue weighted by atomic mass is 9.99. The zero-order valence-electron chi connectivity index (χ0n) is 17.5. The minimum absolute atomic E-state index is 0.0543. The van der Waals surface area contributed by atoms with E-state index in [2.05, 4.69) is 57.9 Å². The summed E-state index contributed by atoms with van der Waals surface area (Å²) < 4.78 is 0. The molecule has 154 valence electrons. The van der Waals surface area contributed by atoms with Gasteiger partial charge in [0.05, 0.1) is 0 Å². The Hall–Kier alpha value is -2.63. The van der Waals surface area contributed by atoms with Gasteiger partial charge in [0.2, 0.25) is 5.95 Å². The minimum atomic E-state index is 0.0543. The van der Waals surface area contributed by atoms with Gasteiger partial charge < -0.3 is 14.7 Å². The summed E-state index contributed by atoms with van der Waals surface area (Å²) in [6.45, 7) is 8.69. The van der Waals surface area contributed by atoms with Crippen molar-refractivity contribution in [1.29, 1.82) is 0 Å². The van der Waals surface area contributed by atoms with Gasteiger partial charge >= 0.3 is 0 Å². The Balaban J connectivity index is 1.43. The highest BCUT2D eigenvalue weighted by Crippen LogP contribution is 2.23. The van der Waals surface area contributed by atoms with Crippen LogP contribution >= 0.6 is 0 Å². The normalized spacial score (nSPS) is 20.1. The van der Waals surface area contributed by atoms with E-state index >= 15 is 0 Å². The quantitative estimate of drug-likeness (QED) is 0.796. The van der Waals surface area contributed by atoms with Crippen LogP contribution in [0.15, 0.2) is 36.5 Å². The highest BCUT2D eigenvalue weighted by atomic mass is 16.2. The molecule has 2 fully saturated rings. The van der Waals surface area contributed by atoms with Crippen LogP contribution < -0.4 is 9.80 Å². The first-order valence-electron chi connectivity index (χ1n) is 10.9. The summed E-state index contributed by atoms with van der Waals surface area (Å²) in [5.74, 6) is 0.725. The summed E-state index contributed by atoms with van der Waals surface area (Å²) in [6.07, 6.45) is 6.13. The summed E-state index contributed by atoms with van der Waals surface area (Å²) in [7, 11) is 0. The zero-order chi connectivity index (χ0) is 20.2. The fourth-order valence-corrected chi connectivity index (χ4v) is 4.45. The molecule has 6 nitrogen and oxygen atoms in total. The van der Waals surface area contributed by atoms with Crippen LogP contribution in [0.2, 0.25) is 0 Å². The van der Waals surface area contributed by atoms with Crippen LogP contribution in [0.3, 0.4) is 0 Å². The van der Waals surface area contributed by atoms with Crippen LogP contribution in [0.4, 0.5) is 11.6 Å². The van der Waals surface area contributed by atoms with Gasteiger partial charge in [-0.25, -0.2) is 9.97 Å². The number of aromatic nitrogens is 2. The standard InChI is InChI=1S/C23H31N5O/c1-3-19-8-4-5-12-28(19)22(29)21-10-11-24-23(25-21)27-15-13-26(14-16-27)20-9-6-7-18(2)17-20/h6-7,9-11,17,19H,3-5,8,12-16H2,1-2H3. The van der Waals surface area contributed by atoms with E-state index in [1.165, 1.54) is 17.7 Å². The smallest absolute Gasteiger partial charge is 0.272 e. The van der Waals surface area contributed by atoms with Gasteiger partial charge in [-0.1, -0.05) is 19.1 Å².